The van der Waals surface area contributed by atoms with E-state index >= 15 is 0 Å². The molecule has 2 rings (SSSR count). The molecular weight excluding hydrogens is 331 g/mol. The van der Waals surface area contributed by atoms with E-state index in [1.54, 1.807) is 0 Å². The van der Waals surface area contributed by atoms with Crippen LogP contribution in [0.25, 0.3) is 0 Å². The summed E-state index contributed by atoms with van der Waals surface area (Å²) < 4.78 is 26.5. The summed E-state index contributed by atoms with van der Waals surface area (Å²) in [6, 6.07) is 2.86. The number of halogens is 3. The van der Waals surface area contributed by atoms with Crippen molar-refractivity contribution in [1.82, 2.24) is 9.62 Å². The molecule has 1 N–H and O–H groups in total. The number of piperazine rings is 1. The van der Waals surface area contributed by atoms with Gasteiger partial charge in [0.25, 0.3) is 0 Å². The molecule has 1 aliphatic rings. The first-order valence-electron chi connectivity index (χ1n) is 5.70. The molecule has 0 spiro atoms. The largest absolute Gasteiger partial charge is 0.312 e. The van der Waals surface area contributed by atoms with Gasteiger partial charge in [0.05, 0.1) is 10.0 Å². The first-order chi connectivity index (χ1) is 8.82. The molecule has 1 aromatic carbocycles. The number of hydrogen-bond donors (Lipinski definition) is 1. The number of benzene rings is 1. The minimum Gasteiger partial charge on any atom is -0.312 e. The fourth-order valence-electron chi connectivity index (χ4n) is 2.02. The van der Waals surface area contributed by atoms with Crippen LogP contribution in [0.3, 0.4) is 0 Å². The van der Waals surface area contributed by atoms with Crippen molar-refractivity contribution in [2.75, 3.05) is 19.6 Å². The summed E-state index contributed by atoms with van der Waals surface area (Å²) in [7, 11) is -3.70. The Morgan fingerprint density at radius 2 is 1.84 bits per heavy atom. The number of sulfonamides is 1. The van der Waals surface area contributed by atoms with Crippen LogP contribution in [0.2, 0.25) is 15.1 Å². The van der Waals surface area contributed by atoms with Crippen molar-refractivity contribution in [3.05, 3.63) is 27.2 Å². The van der Waals surface area contributed by atoms with E-state index in [0.29, 0.717) is 24.7 Å². The molecular formula is C11H13Cl3N2O2S. The summed E-state index contributed by atoms with van der Waals surface area (Å²) in [5.74, 6) is 0. The maximum absolute atomic E-state index is 12.6. The third-order valence-electron chi connectivity index (χ3n) is 2.89. The number of nitrogens with zero attached hydrogens (tertiary/aromatic N) is 1. The lowest BCUT2D eigenvalue weighted by atomic mass is 10.3. The summed E-state index contributed by atoms with van der Waals surface area (Å²) in [5, 5.41) is 3.58. The number of hydrogen-bond acceptors (Lipinski definition) is 3. The second kappa shape index (κ2) is 5.76. The molecule has 1 heterocycles. The van der Waals surface area contributed by atoms with Gasteiger partial charge in [-0.25, -0.2) is 8.42 Å². The highest BCUT2D eigenvalue weighted by Gasteiger charge is 2.32. The van der Waals surface area contributed by atoms with E-state index in [1.165, 1.54) is 16.4 Å². The lowest BCUT2D eigenvalue weighted by Gasteiger charge is -2.31. The van der Waals surface area contributed by atoms with Gasteiger partial charge in [-0.2, -0.15) is 4.31 Å². The van der Waals surface area contributed by atoms with Gasteiger partial charge < -0.3 is 5.32 Å². The molecule has 0 aromatic heterocycles. The van der Waals surface area contributed by atoms with Crippen LogP contribution in [-0.4, -0.2) is 38.4 Å². The molecule has 4 nitrogen and oxygen atoms in total. The van der Waals surface area contributed by atoms with E-state index in [1.807, 2.05) is 6.92 Å². The Morgan fingerprint density at radius 3 is 2.37 bits per heavy atom. The smallest absolute Gasteiger partial charge is 0.246 e. The molecule has 1 fully saturated rings. The Bertz CT molecular complexity index is 569. The second-order valence-electron chi connectivity index (χ2n) is 4.42. The van der Waals surface area contributed by atoms with Crippen molar-refractivity contribution in [2.45, 2.75) is 17.9 Å². The van der Waals surface area contributed by atoms with E-state index in [-0.39, 0.29) is 21.0 Å². The predicted octanol–water partition coefficient (Wildman–Crippen LogP) is 2.63. The van der Waals surface area contributed by atoms with E-state index in [9.17, 15) is 8.42 Å². The van der Waals surface area contributed by atoms with E-state index in [4.69, 9.17) is 34.8 Å². The van der Waals surface area contributed by atoms with Gasteiger partial charge in [-0.05, 0) is 19.1 Å². The van der Waals surface area contributed by atoms with Crippen LogP contribution in [0.5, 0.6) is 0 Å². The monoisotopic (exact) mass is 342 g/mol. The van der Waals surface area contributed by atoms with Gasteiger partial charge in [0, 0.05) is 30.7 Å². The first-order valence-corrected chi connectivity index (χ1v) is 8.28. The van der Waals surface area contributed by atoms with Crippen molar-refractivity contribution >= 4 is 44.8 Å². The van der Waals surface area contributed by atoms with Crippen LogP contribution < -0.4 is 5.32 Å². The molecule has 0 amide bonds. The molecule has 0 unspecified atom stereocenters. The fourth-order valence-corrected chi connectivity index (χ4v) is 5.04. The summed E-state index contributed by atoms with van der Waals surface area (Å²) in [6.07, 6.45) is 0. The van der Waals surface area contributed by atoms with E-state index in [2.05, 4.69) is 5.32 Å². The Morgan fingerprint density at radius 1 is 1.26 bits per heavy atom. The molecule has 0 bridgehead atoms. The third kappa shape index (κ3) is 3.17. The zero-order chi connectivity index (χ0) is 14.2. The van der Waals surface area contributed by atoms with Crippen LogP contribution in [0.4, 0.5) is 0 Å². The highest BCUT2D eigenvalue weighted by Crippen LogP contribution is 2.34. The molecule has 106 valence electrons. The van der Waals surface area contributed by atoms with Crippen LogP contribution in [0, 0.1) is 0 Å². The van der Waals surface area contributed by atoms with Crippen molar-refractivity contribution in [3.63, 3.8) is 0 Å². The van der Waals surface area contributed by atoms with Crippen LogP contribution in [0.15, 0.2) is 17.0 Å². The predicted molar refractivity (Wildman–Crippen MR) is 77.7 cm³/mol. The van der Waals surface area contributed by atoms with Crippen LogP contribution >= 0.6 is 34.8 Å². The van der Waals surface area contributed by atoms with Gasteiger partial charge in [-0.15, -0.1) is 0 Å². The Hall–Kier alpha value is -0.0400. The molecule has 1 aromatic rings. The molecule has 8 heteroatoms. The first kappa shape index (κ1) is 15.4. The fraction of sp³-hybridized carbons (Fsp3) is 0.455. The molecule has 0 aliphatic carbocycles. The molecule has 1 saturated heterocycles. The molecule has 19 heavy (non-hydrogen) atoms. The summed E-state index contributed by atoms with van der Waals surface area (Å²) in [6.45, 7) is 3.30. The normalized spacial score (nSPS) is 21.6. The van der Waals surface area contributed by atoms with Gasteiger partial charge in [-0.1, -0.05) is 34.8 Å². The van der Waals surface area contributed by atoms with Gasteiger partial charge in [-0.3, -0.25) is 0 Å². The van der Waals surface area contributed by atoms with Crippen molar-refractivity contribution < 1.29 is 8.42 Å². The van der Waals surface area contributed by atoms with Gasteiger partial charge in [0.1, 0.15) is 4.90 Å². The Labute approximate surface area is 127 Å². The Kier molecular flexibility index (Phi) is 4.65. The summed E-state index contributed by atoms with van der Waals surface area (Å²) in [5.41, 5.74) is 0. The van der Waals surface area contributed by atoms with Crippen LogP contribution in [0.1, 0.15) is 6.92 Å². The average molecular weight is 344 g/mol. The van der Waals surface area contributed by atoms with Crippen molar-refractivity contribution in [3.8, 4) is 0 Å². The van der Waals surface area contributed by atoms with Crippen molar-refractivity contribution in [2.24, 2.45) is 0 Å². The zero-order valence-corrected chi connectivity index (χ0v) is 13.2. The van der Waals surface area contributed by atoms with Gasteiger partial charge in [0.2, 0.25) is 10.0 Å². The standard InChI is InChI=1S/C11H13Cl3N2O2S/c1-7-6-16(3-2-15-7)19(17,18)11-9(13)4-8(12)5-10(11)14/h4-5,7,15H,2-3,6H2,1H3/t7-/m0/s1. The minimum atomic E-state index is -3.70. The van der Waals surface area contributed by atoms with E-state index in [0.717, 1.165) is 0 Å². The zero-order valence-electron chi connectivity index (χ0n) is 10.2. The van der Waals surface area contributed by atoms with E-state index < -0.39 is 10.0 Å². The lowest BCUT2D eigenvalue weighted by Crippen LogP contribution is -2.51. The molecule has 1 aliphatic heterocycles. The SMILES string of the molecule is C[C@H]1CN(S(=O)(=O)c2c(Cl)cc(Cl)cc2Cl)CCN1. The third-order valence-corrected chi connectivity index (χ3v) is 5.90. The molecule has 0 saturated carbocycles. The Balaban J connectivity index is 2.45. The average Bonchev–Trinajstić information content (AvgIpc) is 2.26. The maximum Gasteiger partial charge on any atom is 0.246 e. The molecule has 1 atom stereocenters. The quantitative estimate of drug-likeness (QED) is 0.898. The topological polar surface area (TPSA) is 49.4 Å². The molecule has 0 radical (unpaired) electrons. The number of nitrogens with one attached hydrogen (secondary N) is 1. The van der Waals surface area contributed by atoms with Gasteiger partial charge >= 0.3 is 0 Å². The second-order valence-corrected chi connectivity index (χ2v) is 7.54. The lowest BCUT2D eigenvalue weighted by molar-refractivity contribution is 0.310. The maximum atomic E-state index is 12.6. The van der Waals surface area contributed by atoms with Crippen LogP contribution in [-0.2, 0) is 10.0 Å². The highest BCUT2D eigenvalue weighted by molar-refractivity contribution is 7.89. The van der Waals surface area contributed by atoms with Crippen molar-refractivity contribution in [1.29, 1.82) is 0 Å². The number of rotatable bonds is 2. The summed E-state index contributed by atoms with van der Waals surface area (Å²) in [4.78, 5) is -0.0747. The van der Waals surface area contributed by atoms with Gasteiger partial charge in [0.15, 0.2) is 0 Å². The highest BCUT2D eigenvalue weighted by atomic mass is 35.5. The summed E-state index contributed by atoms with van der Waals surface area (Å²) >= 11 is 17.8. The minimum absolute atomic E-state index is 0.0451.